The summed E-state index contributed by atoms with van der Waals surface area (Å²) in [6.45, 7) is 5.98. The van der Waals surface area contributed by atoms with Gasteiger partial charge < -0.3 is 9.64 Å². The fourth-order valence-corrected chi connectivity index (χ4v) is 2.49. The van der Waals surface area contributed by atoms with Crippen molar-refractivity contribution < 1.29 is 9.53 Å². The summed E-state index contributed by atoms with van der Waals surface area (Å²) in [5.41, 5.74) is 1.36. The van der Waals surface area contributed by atoms with Gasteiger partial charge in [-0.25, -0.2) is 9.78 Å². The van der Waals surface area contributed by atoms with Gasteiger partial charge in [0.1, 0.15) is 10.6 Å². The maximum atomic E-state index is 11.9. The molecule has 5 nitrogen and oxygen atoms in total. The molecule has 2 heterocycles. The molecule has 0 spiro atoms. The first kappa shape index (κ1) is 15.4. The zero-order valence-corrected chi connectivity index (χ0v) is 13.5. The lowest BCUT2D eigenvalue weighted by atomic mass is 10.2. The Morgan fingerprint density at radius 1 is 1.43 bits per heavy atom. The molecule has 21 heavy (non-hydrogen) atoms. The number of carbonyl (C=O) groups excluding carboxylic acids is 1. The van der Waals surface area contributed by atoms with Crippen LogP contribution in [0.15, 0.2) is 29.9 Å². The van der Waals surface area contributed by atoms with E-state index in [9.17, 15) is 4.79 Å². The molecule has 1 amide bonds. The van der Waals surface area contributed by atoms with Gasteiger partial charge in [0, 0.05) is 30.4 Å². The molecule has 112 valence electrons. The van der Waals surface area contributed by atoms with Gasteiger partial charge in [0.25, 0.3) is 0 Å². The van der Waals surface area contributed by atoms with Crippen molar-refractivity contribution in [1.82, 2.24) is 14.9 Å². The second-order valence-corrected chi connectivity index (χ2v) is 6.65. The SMILES string of the molecule is CN(Cc1nc(-c2cccnc2)cs1)C(=O)OC(C)(C)C. The average Bonchev–Trinajstić information content (AvgIpc) is 2.86. The maximum absolute atomic E-state index is 11.9. The van der Waals surface area contributed by atoms with Crippen LogP contribution in [-0.2, 0) is 11.3 Å². The molecule has 2 rings (SSSR count). The Kier molecular flexibility index (Phi) is 4.57. The van der Waals surface area contributed by atoms with Crippen molar-refractivity contribution in [3.05, 3.63) is 34.9 Å². The summed E-state index contributed by atoms with van der Waals surface area (Å²) >= 11 is 1.52. The third-order valence-corrected chi connectivity index (χ3v) is 3.42. The molecule has 0 aromatic carbocycles. The first-order chi connectivity index (χ1) is 9.85. The molecule has 0 radical (unpaired) electrons. The van der Waals surface area contributed by atoms with Crippen molar-refractivity contribution in [2.24, 2.45) is 0 Å². The number of hydrogen-bond donors (Lipinski definition) is 0. The Morgan fingerprint density at radius 2 is 2.19 bits per heavy atom. The number of ether oxygens (including phenoxy) is 1. The minimum atomic E-state index is -0.491. The predicted octanol–water partition coefficient (Wildman–Crippen LogP) is 3.57. The summed E-state index contributed by atoms with van der Waals surface area (Å²) in [5, 5.41) is 2.83. The van der Waals surface area contributed by atoms with E-state index in [0.29, 0.717) is 6.54 Å². The Morgan fingerprint density at radius 3 is 2.81 bits per heavy atom. The van der Waals surface area contributed by atoms with Crippen molar-refractivity contribution in [3.8, 4) is 11.3 Å². The van der Waals surface area contributed by atoms with Crippen LogP contribution in [-0.4, -0.2) is 33.6 Å². The minimum absolute atomic E-state index is 0.347. The monoisotopic (exact) mass is 305 g/mol. The molecule has 0 fully saturated rings. The van der Waals surface area contributed by atoms with Crippen LogP contribution >= 0.6 is 11.3 Å². The third-order valence-electron chi connectivity index (χ3n) is 2.59. The lowest BCUT2D eigenvalue weighted by molar-refractivity contribution is 0.0285. The molecular formula is C15H19N3O2S. The van der Waals surface area contributed by atoms with E-state index in [2.05, 4.69) is 9.97 Å². The van der Waals surface area contributed by atoms with Crippen LogP contribution in [0.2, 0.25) is 0 Å². The van der Waals surface area contributed by atoms with Gasteiger partial charge in [-0.1, -0.05) is 0 Å². The molecule has 0 atom stereocenters. The van der Waals surface area contributed by atoms with Crippen LogP contribution in [0.1, 0.15) is 25.8 Å². The number of carbonyl (C=O) groups is 1. The fourth-order valence-electron chi connectivity index (χ4n) is 1.64. The van der Waals surface area contributed by atoms with Crippen molar-refractivity contribution in [2.75, 3.05) is 7.05 Å². The number of thiazole rings is 1. The van der Waals surface area contributed by atoms with Crippen LogP contribution < -0.4 is 0 Å². The lowest BCUT2D eigenvalue weighted by Gasteiger charge is -2.24. The number of rotatable bonds is 3. The van der Waals surface area contributed by atoms with E-state index in [1.54, 1.807) is 19.4 Å². The number of amides is 1. The Bertz CT molecular complexity index is 605. The Balaban J connectivity index is 2.01. The first-order valence-corrected chi connectivity index (χ1v) is 7.52. The molecule has 0 aliphatic rings. The largest absolute Gasteiger partial charge is 0.444 e. The van der Waals surface area contributed by atoms with Gasteiger partial charge in [0.2, 0.25) is 0 Å². The van der Waals surface area contributed by atoms with Crippen LogP contribution in [0.4, 0.5) is 4.79 Å². The van der Waals surface area contributed by atoms with Gasteiger partial charge in [0.05, 0.1) is 12.2 Å². The lowest BCUT2D eigenvalue weighted by Crippen LogP contribution is -2.33. The standard InChI is InChI=1S/C15H19N3O2S/c1-15(2,3)20-14(19)18(4)9-13-17-12(10-21-13)11-6-5-7-16-8-11/h5-8,10H,9H2,1-4H3. The smallest absolute Gasteiger partial charge is 0.410 e. The molecule has 2 aromatic rings. The van der Waals surface area contributed by atoms with Crippen molar-refractivity contribution >= 4 is 17.4 Å². The second kappa shape index (κ2) is 6.22. The quantitative estimate of drug-likeness (QED) is 0.870. The van der Waals surface area contributed by atoms with Crippen molar-refractivity contribution in [1.29, 1.82) is 0 Å². The second-order valence-electron chi connectivity index (χ2n) is 5.70. The third kappa shape index (κ3) is 4.53. The Hall–Kier alpha value is -1.95. The predicted molar refractivity (Wildman–Crippen MR) is 83.0 cm³/mol. The molecule has 0 saturated heterocycles. The zero-order chi connectivity index (χ0) is 15.5. The van der Waals surface area contributed by atoms with E-state index < -0.39 is 5.60 Å². The summed E-state index contributed by atoms with van der Waals surface area (Å²) in [6, 6.07) is 3.84. The number of pyridine rings is 1. The summed E-state index contributed by atoms with van der Waals surface area (Å²) in [5.74, 6) is 0. The summed E-state index contributed by atoms with van der Waals surface area (Å²) in [4.78, 5) is 22.0. The fraction of sp³-hybridized carbons (Fsp3) is 0.400. The van der Waals surface area contributed by atoms with Gasteiger partial charge in [0.15, 0.2) is 0 Å². The van der Waals surface area contributed by atoms with E-state index in [4.69, 9.17) is 4.74 Å². The van der Waals surface area contributed by atoms with E-state index in [1.807, 2.05) is 38.3 Å². The highest BCUT2D eigenvalue weighted by Gasteiger charge is 2.20. The maximum Gasteiger partial charge on any atom is 0.410 e. The van der Waals surface area contributed by atoms with Gasteiger partial charge in [-0.15, -0.1) is 11.3 Å². The van der Waals surface area contributed by atoms with Gasteiger partial charge in [-0.2, -0.15) is 0 Å². The molecule has 0 saturated carbocycles. The highest BCUT2D eigenvalue weighted by Crippen LogP contribution is 2.22. The highest BCUT2D eigenvalue weighted by molar-refractivity contribution is 7.09. The zero-order valence-electron chi connectivity index (χ0n) is 12.7. The normalized spacial score (nSPS) is 11.2. The Labute approximate surface area is 128 Å². The first-order valence-electron chi connectivity index (χ1n) is 6.64. The van der Waals surface area contributed by atoms with Gasteiger partial charge in [-0.3, -0.25) is 4.98 Å². The molecule has 2 aromatic heterocycles. The molecule has 0 aliphatic heterocycles. The molecule has 0 unspecified atom stereocenters. The molecule has 0 N–H and O–H groups in total. The summed E-state index contributed by atoms with van der Waals surface area (Å²) in [7, 11) is 1.71. The van der Waals surface area contributed by atoms with E-state index in [-0.39, 0.29) is 6.09 Å². The highest BCUT2D eigenvalue weighted by atomic mass is 32.1. The van der Waals surface area contributed by atoms with Crippen molar-refractivity contribution in [3.63, 3.8) is 0 Å². The summed E-state index contributed by atoms with van der Waals surface area (Å²) < 4.78 is 5.32. The number of nitrogens with zero attached hydrogens (tertiary/aromatic N) is 3. The molecule has 0 aliphatic carbocycles. The summed E-state index contributed by atoms with van der Waals surface area (Å²) in [6.07, 6.45) is 3.16. The van der Waals surface area contributed by atoms with E-state index in [1.165, 1.54) is 16.2 Å². The number of aromatic nitrogens is 2. The average molecular weight is 305 g/mol. The molecular weight excluding hydrogens is 286 g/mol. The van der Waals surface area contributed by atoms with Crippen LogP contribution in [0.5, 0.6) is 0 Å². The topological polar surface area (TPSA) is 55.3 Å². The van der Waals surface area contributed by atoms with Crippen LogP contribution in [0.3, 0.4) is 0 Å². The molecule has 0 bridgehead atoms. The van der Waals surface area contributed by atoms with Crippen LogP contribution in [0.25, 0.3) is 11.3 Å². The van der Waals surface area contributed by atoms with Crippen LogP contribution in [0, 0.1) is 0 Å². The minimum Gasteiger partial charge on any atom is -0.444 e. The van der Waals surface area contributed by atoms with E-state index in [0.717, 1.165) is 16.3 Å². The van der Waals surface area contributed by atoms with Gasteiger partial charge in [-0.05, 0) is 32.9 Å². The molecule has 6 heteroatoms. The number of hydrogen-bond acceptors (Lipinski definition) is 5. The van der Waals surface area contributed by atoms with Crippen molar-refractivity contribution in [2.45, 2.75) is 32.9 Å². The van der Waals surface area contributed by atoms with E-state index >= 15 is 0 Å². The van der Waals surface area contributed by atoms with Gasteiger partial charge >= 0.3 is 6.09 Å².